The summed E-state index contributed by atoms with van der Waals surface area (Å²) < 4.78 is 62.9. The minimum Gasteiger partial charge on any atom is -0.353 e. The van der Waals surface area contributed by atoms with Gasteiger partial charge in [-0.05, 0) is 37.1 Å². The fourth-order valence-corrected chi connectivity index (χ4v) is 4.83. The molecule has 0 unspecified atom stereocenters. The van der Waals surface area contributed by atoms with Crippen molar-refractivity contribution >= 4 is 15.7 Å². The number of halogens is 3. The maximum atomic E-state index is 12.7. The van der Waals surface area contributed by atoms with E-state index >= 15 is 0 Å². The van der Waals surface area contributed by atoms with E-state index in [4.69, 9.17) is 0 Å². The van der Waals surface area contributed by atoms with Gasteiger partial charge in [0.05, 0.1) is 27.8 Å². The molecule has 0 spiro atoms. The lowest BCUT2D eigenvalue weighted by atomic mass is 9.92. The molecular weight excluding hydrogens is 381 g/mol. The maximum Gasteiger partial charge on any atom is 0.416 e. The second-order valence-electron chi connectivity index (χ2n) is 6.43. The number of nitrogens with zero attached hydrogens (tertiary/aromatic N) is 1. The van der Waals surface area contributed by atoms with Crippen molar-refractivity contribution in [2.24, 2.45) is 0 Å². The third-order valence-electron chi connectivity index (χ3n) is 4.46. The molecule has 3 rings (SSSR count). The molecule has 1 aromatic heterocycles. The smallest absolute Gasteiger partial charge is 0.353 e. The van der Waals surface area contributed by atoms with E-state index < -0.39 is 32.7 Å². The highest BCUT2D eigenvalue weighted by molar-refractivity contribution is 7.92. The van der Waals surface area contributed by atoms with Gasteiger partial charge in [0.25, 0.3) is 0 Å². The first-order valence-corrected chi connectivity index (χ1v) is 9.81. The van der Waals surface area contributed by atoms with Crippen LogP contribution in [0.25, 0.3) is 0 Å². The van der Waals surface area contributed by atoms with E-state index in [9.17, 15) is 26.4 Å². The first-order valence-electron chi connectivity index (χ1n) is 8.26. The Morgan fingerprint density at radius 2 is 1.81 bits per heavy atom. The molecule has 1 saturated carbocycles. The number of carbonyl (C=O) groups is 1. The van der Waals surface area contributed by atoms with Crippen molar-refractivity contribution in [2.75, 3.05) is 0 Å². The number of sulfone groups is 1. The number of carbonyl (C=O) groups excluding carboxylic acids is 1. The topological polar surface area (TPSA) is 76.1 Å². The molecule has 9 heteroatoms. The van der Waals surface area contributed by atoms with E-state index in [-0.39, 0.29) is 35.9 Å². The average molecular weight is 398 g/mol. The summed E-state index contributed by atoms with van der Waals surface area (Å²) in [4.78, 5) is 16.0. The highest BCUT2D eigenvalue weighted by Crippen LogP contribution is 2.32. The number of alkyl halides is 3. The van der Waals surface area contributed by atoms with Crippen LogP contribution in [0, 0.1) is 0 Å². The number of hydrogen-bond donors (Lipinski definition) is 1. The van der Waals surface area contributed by atoms with Gasteiger partial charge in [-0.25, -0.2) is 8.42 Å². The first-order chi connectivity index (χ1) is 12.7. The number of aromatic nitrogens is 1. The van der Waals surface area contributed by atoms with E-state index in [2.05, 4.69) is 10.3 Å². The molecule has 0 radical (unpaired) electrons. The van der Waals surface area contributed by atoms with Crippen LogP contribution in [-0.4, -0.2) is 30.6 Å². The zero-order valence-corrected chi connectivity index (χ0v) is 14.9. The molecule has 2 aromatic rings. The Balaban J connectivity index is 1.54. The van der Waals surface area contributed by atoms with Crippen molar-refractivity contribution in [1.82, 2.24) is 10.3 Å². The molecule has 0 bridgehead atoms. The summed E-state index contributed by atoms with van der Waals surface area (Å²) in [6.07, 6.45) is -3.23. The van der Waals surface area contributed by atoms with Gasteiger partial charge in [0, 0.05) is 12.2 Å². The van der Waals surface area contributed by atoms with Crippen molar-refractivity contribution in [1.29, 1.82) is 0 Å². The first kappa shape index (κ1) is 19.3. The zero-order chi connectivity index (χ0) is 19.7. The summed E-state index contributed by atoms with van der Waals surface area (Å²) in [6.45, 7) is 0. The van der Waals surface area contributed by atoms with Gasteiger partial charge < -0.3 is 5.32 Å². The Labute approximate surface area is 154 Å². The number of benzene rings is 1. The van der Waals surface area contributed by atoms with Gasteiger partial charge in [-0.2, -0.15) is 13.2 Å². The molecule has 1 aromatic carbocycles. The Kier molecular flexibility index (Phi) is 5.23. The van der Waals surface area contributed by atoms with E-state index in [1.807, 2.05) is 0 Å². The molecule has 1 amide bonds. The standard InChI is InChI=1S/C18H17F3N2O3S/c19-18(20,21)12-6-7-22-13(8-12)11-17(24)23-14-9-16(10-14)27(25,26)15-4-2-1-3-5-15/h1-8,14,16H,9-11H2,(H,23,24). The molecule has 1 aliphatic rings. The second kappa shape index (κ2) is 7.30. The number of amides is 1. The molecule has 1 fully saturated rings. The van der Waals surface area contributed by atoms with E-state index in [0.717, 1.165) is 18.3 Å². The largest absolute Gasteiger partial charge is 0.416 e. The Morgan fingerprint density at radius 3 is 2.44 bits per heavy atom. The van der Waals surface area contributed by atoms with E-state index in [0.29, 0.717) is 0 Å². The number of hydrogen-bond acceptors (Lipinski definition) is 4. The fourth-order valence-electron chi connectivity index (χ4n) is 2.93. The van der Waals surface area contributed by atoms with Gasteiger partial charge in [0.2, 0.25) is 5.91 Å². The lowest BCUT2D eigenvalue weighted by Gasteiger charge is -2.35. The highest BCUT2D eigenvalue weighted by Gasteiger charge is 2.40. The van der Waals surface area contributed by atoms with E-state index in [1.165, 1.54) is 12.1 Å². The molecule has 1 heterocycles. The van der Waals surface area contributed by atoms with Crippen LogP contribution in [0.15, 0.2) is 53.6 Å². The van der Waals surface area contributed by atoms with Crippen molar-refractivity contribution in [3.63, 3.8) is 0 Å². The molecule has 1 N–H and O–H groups in total. The van der Waals surface area contributed by atoms with Gasteiger partial charge in [0.1, 0.15) is 0 Å². The Bertz CT molecular complexity index is 924. The van der Waals surface area contributed by atoms with Gasteiger partial charge in [-0.3, -0.25) is 9.78 Å². The van der Waals surface area contributed by atoms with Gasteiger partial charge in [0.15, 0.2) is 9.84 Å². The highest BCUT2D eigenvalue weighted by atomic mass is 32.2. The summed E-state index contributed by atoms with van der Waals surface area (Å²) in [5.41, 5.74) is -0.854. The molecule has 5 nitrogen and oxygen atoms in total. The van der Waals surface area contributed by atoms with Crippen molar-refractivity contribution in [2.45, 2.75) is 41.6 Å². The molecule has 144 valence electrons. The minimum atomic E-state index is -4.50. The van der Waals surface area contributed by atoms with Crippen molar-refractivity contribution in [3.05, 3.63) is 59.9 Å². The third-order valence-corrected chi connectivity index (χ3v) is 6.65. The van der Waals surface area contributed by atoms with Crippen LogP contribution in [0.2, 0.25) is 0 Å². The van der Waals surface area contributed by atoms with Crippen molar-refractivity contribution < 1.29 is 26.4 Å². The van der Waals surface area contributed by atoms with Crippen LogP contribution in [-0.2, 0) is 27.2 Å². The molecule has 27 heavy (non-hydrogen) atoms. The monoisotopic (exact) mass is 398 g/mol. The SMILES string of the molecule is O=C(Cc1cc(C(F)(F)F)ccn1)NC1CC(S(=O)(=O)c2ccccc2)C1. The number of pyridine rings is 1. The maximum absolute atomic E-state index is 12.7. The van der Waals surface area contributed by atoms with Crippen LogP contribution in [0.4, 0.5) is 13.2 Å². The average Bonchev–Trinajstić information content (AvgIpc) is 2.58. The molecular formula is C18H17F3N2O3S. The predicted octanol–water partition coefficient (Wildman–Crippen LogP) is 2.76. The molecule has 0 atom stereocenters. The normalized spacial score (nSPS) is 20.0. The zero-order valence-electron chi connectivity index (χ0n) is 14.1. The lowest BCUT2D eigenvalue weighted by Crippen LogP contribution is -2.50. The van der Waals surface area contributed by atoms with Crippen LogP contribution in [0.3, 0.4) is 0 Å². The molecule has 1 aliphatic carbocycles. The summed E-state index contributed by atoms with van der Waals surface area (Å²) in [7, 11) is -3.44. The number of nitrogens with one attached hydrogen (secondary N) is 1. The Morgan fingerprint density at radius 1 is 1.15 bits per heavy atom. The lowest BCUT2D eigenvalue weighted by molar-refractivity contribution is -0.137. The molecule has 0 aliphatic heterocycles. The summed E-state index contributed by atoms with van der Waals surface area (Å²) >= 11 is 0. The Hall–Kier alpha value is -2.42. The third kappa shape index (κ3) is 4.47. The fraction of sp³-hybridized carbons (Fsp3) is 0.333. The van der Waals surface area contributed by atoms with Crippen LogP contribution in [0.5, 0.6) is 0 Å². The van der Waals surface area contributed by atoms with Gasteiger partial charge in [-0.1, -0.05) is 18.2 Å². The van der Waals surface area contributed by atoms with Gasteiger partial charge in [-0.15, -0.1) is 0 Å². The quantitative estimate of drug-likeness (QED) is 0.840. The predicted molar refractivity (Wildman–Crippen MR) is 91.5 cm³/mol. The molecule has 0 saturated heterocycles. The minimum absolute atomic E-state index is 0.00936. The van der Waals surface area contributed by atoms with E-state index in [1.54, 1.807) is 18.2 Å². The van der Waals surface area contributed by atoms with Crippen LogP contribution < -0.4 is 5.32 Å². The van der Waals surface area contributed by atoms with Crippen LogP contribution >= 0.6 is 0 Å². The van der Waals surface area contributed by atoms with Crippen LogP contribution in [0.1, 0.15) is 24.1 Å². The number of rotatable bonds is 5. The van der Waals surface area contributed by atoms with Gasteiger partial charge >= 0.3 is 6.18 Å². The summed E-state index contributed by atoms with van der Waals surface area (Å²) in [5.74, 6) is -0.484. The van der Waals surface area contributed by atoms with Crippen molar-refractivity contribution in [3.8, 4) is 0 Å². The summed E-state index contributed by atoms with van der Waals surface area (Å²) in [6, 6.07) is 9.44. The second-order valence-corrected chi connectivity index (χ2v) is 8.65. The summed E-state index contributed by atoms with van der Waals surface area (Å²) in [5, 5.41) is 2.08.